The molecule has 6 heteroatoms. The number of carbonyl (C=O) groups is 1. The second-order valence-corrected chi connectivity index (χ2v) is 6.20. The van der Waals surface area contributed by atoms with Crippen LogP contribution in [0, 0.1) is 5.92 Å². The number of nitrogens with one attached hydrogen (secondary N) is 1. The van der Waals surface area contributed by atoms with Crippen LogP contribution in [0.2, 0.25) is 0 Å². The summed E-state index contributed by atoms with van der Waals surface area (Å²) in [6, 6.07) is 13.8. The molecule has 1 aromatic carbocycles. The highest BCUT2D eigenvalue weighted by Crippen LogP contribution is 2.16. The average Bonchev–Trinajstić information content (AvgIpc) is 3.17. The van der Waals surface area contributed by atoms with Crippen molar-refractivity contribution in [2.75, 3.05) is 26.2 Å². The average molecular weight is 341 g/mol. The van der Waals surface area contributed by atoms with E-state index >= 15 is 0 Å². The van der Waals surface area contributed by atoms with Crippen molar-refractivity contribution in [2.24, 2.45) is 11.1 Å². The quantitative estimate of drug-likeness (QED) is 0.461. The molecular formula is C19H23N3O3. The second kappa shape index (κ2) is 8.48. The molecule has 25 heavy (non-hydrogen) atoms. The number of aliphatic carboxylic acids is 1. The number of H-pyrrole nitrogens is 1. The van der Waals surface area contributed by atoms with Crippen LogP contribution >= 0.6 is 0 Å². The van der Waals surface area contributed by atoms with Crippen LogP contribution in [0.4, 0.5) is 0 Å². The first kappa shape index (κ1) is 17.2. The van der Waals surface area contributed by atoms with Gasteiger partial charge in [-0.25, -0.2) is 0 Å². The molecule has 1 aliphatic rings. The molecule has 0 aliphatic carbocycles. The summed E-state index contributed by atoms with van der Waals surface area (Å²) < 4.78 is 0. The predicted molar refractivity (Wildman–Crippen MR) is 95.6 cm³/mol. The molecule has 0 amide bonds. The van der Waals surface area contributed by atoms with Crippen molar-refractivity contribution in [3.63, 3.8) is 0 Å². The van der Waals surface area contributed by atoms with Gasteiger partial charge in [0, 0.05) is 24.8 Å². The fourth-order valence-corrected chi connectivity index (χ4v) is 3.07. The molecule has 1 aliphatic heterocycles. The lowest BCUT2D eigenvalue weighted by Crippen LogP contribution is -2.40. The summed E-state index contributed by atoms with van der Waals surface area (Å²) >= 11 is 0. The van der Waals surface area contributed by atoms with E-state index < -0.39 is 5.97 Å². The molecule has 2 heterocycles. The van der Waals surface area contributed by atoms with Crippen molar-refractivity contribution >= 4 is 11.7 Å². The number of likely N-dealkylation sites (tertiary alicyclic amines) is 1. The molecule has 0 spiro atoms. The summed E-state index contributed by atoms with van der Waals surface area (Å²) in [6.07, 6.45) is 3.53. The molecule has 2 aromatic rings. The van der Waals surface area contributed by atoms with Gasteiger partial charge in [0.25, 0.3) is 0 Å². The maximum absolute atomic E-state index is 11.1. The SMILES string of the molecule is O=C(O)C1CCCN(CCO/N=C(/c2ccccc2)c2ccc[nH]2)C1. The minimum Gasteiger partial charge on any atom is -0.481 e. The van der Waals surface area contributed by atoms with Crippen LogP contribution in [0.25, 0.3) is 0 Å². The first-order valence-corrected chi connectivity index (χ1v) is 8.58. The van der Waals surface area contributed by atoms with E-state index in [4.69, 9.17) is 9.94 Å². The Morgan fingerprint density at radius 2 is 2.12 bits per heavy atom. The van der Waals surface area contributed by atoms with Crippen molar-refractivity contribution < 1.29 is 14.7 Å². The van der Waals surface area contributed by atoms with Crippen LogP contribution in [0.15, 0.2) is 53.8 Å². The van der Waals surface area contributed by atoms with E-state index in [0.29, 0.717) is 19.7 Å². The number of oxime groups is 1. The normalized spacial score (nSPS) is 18.9. The summed E-state index contributed by atoms with van der Waals surface area (Å²) in [5.41, 5.74) is 2.64. The van der Waals surface area contributed by atoms with E-state index in [-0.39, 0.29) is 5.92 Å². The van der Waals surface area contributed by atoms with Gasteiger partial charge in [0.15, 0.2) is 0 Å². The van der Waals surface area contributed by atoms with Crippen LogP contribution in [0.3, 0.4) is 0 Å². The van der Waals surface area contributed by atoms with Crippen molar-refractivity contribution in [2.45, 2.75) is 12.8 Å². The summed E-state index contributed by atoms with van der Waals surface area (Å²) in [5.74, 6) is -0.974. The zero-order valence-electron chi connectivity index (χ0n) is 14.1. The molecule has 0 bridgehead atoms. The molecule has 1 unspecified atom stereocenters. The molecule has 6 nitrogen and oxygen atoms in total. The van der Waals surface area contributed by atoms with Gasteiger partial charge in [0.1, 0.15) is 12.3 Å². The number of hydrogen-bond acceptors (Lipinski definition) is 4. The van der Waals surface area contributed by atoms with E-state index in [1.165, 1.54) is 0 Å². The van der Waals surface area contributed by atoms with Gasteiger partial charge in [0.2, 0.25) is 0 Å². The fraction of sp³-hybridized carbons (Fsp3) is 0.368. The highest BCUT2D eigenvalue weighted by molar-refractivity contribution is 6.11. The number of carboxylic acid groups (broad SMARTS) is 1. The molecule has 3 rings (SSSR count). The summed E-state index contributed by atoms with van der Waals surface area (Å²) in [7, 11) is 0. The molecule has 2 N–H and O–H groups in total. The standard InChI is InChI=1S/C19H23N3O3/c23-19(24)16-8-5-11-22(14-16)12-13-25-21-18(17-9-4-10-20-17)15-6-2-1-3-7-15/h1-4,6-7,9-10,16,20H,5,8,11-14H2,(H,23,24)/b21-18-. The maximum Gasteiger partial charge on any atom is 0.307 e. The van der Waals surface area contributed by atoms with Crippen LogP contribution in [0.5, 0.6) is 0 Å². The lowest BCUT2D eigenvalue weighted by molar-refractivity contribution is -0.143. The highest BCUT2D eigenvalue weighted by Gasteiger charge is 2.24. The molecule has 0 radical (unpaired) electrons. The minimum atomic E-state index is -0.707. The van der Waals surface area contributed by atoms with Gasteiger partial charge in [-0.15, -0.1) is 0 Å². The van der Waals surface area contributed by atoms with E-state index in [0.717, 1.165) is 36.4 Å². The topological polar surface area (TPSA) is 77.9 Å². The zero-order chi connectivity index (χ0) is 17.5. The molecule has 1 saturated heterocycles. The zero-order valence-corrected chi connectivity index (χ0v) is 14.1. The van der Waals surface area contributed by atoms with E-state index in [9.17, 15) is 4.79 Å². The number of aromatic nitrogens is 1. The molecule has 132 valence electrons. The number of benzene rings is 1. The van der Waals surface area contributed by atoms with Gasteiger partial charge in [-0.3, -0.25) is 9.69 Å². The molecule has 0 saturated carbocycles. The van der Waals surface area contributed by atoms with Gasteiger partial charge in [-0.1, -0.05) is 35.5 Å². The molecular weight excluding hydrogens is 318 g/mol. The van der Waals surface area contributed by atoms with Crippen molar-refractivity contribution in [3.05, 3.63) is 59.9 Å². The predicted octanol–water partition coefficient (Wildman–Crippen LogP) is 2.58. The summed E-state index contributed by atoms with van der Waals surface area (Å²) in [5, 5.41) is 13.5. The minimum absolute atomic E-state index is 0.268. The van der Waals surface area contributed by atoms with Gasteiger partial charge < -0.3 is 14.9 Å². The van der Waals surface area contributed by atoms with Crippen molar-refractivity contribution in [1.82, 2.24) is 9.88 Å². The third kappa shape index (κ3) is 4.70. The van der Waals surface area contributed by atoms with E-state index in [1.54, 1.807) is 0 Å². The Morgan fingerprint density at radius 1 is 1.28 bits per heavy atom. The Bertz CT molecular complexity index is 698. The van der Waals surface area contributed by atoms with Gasteiger partial charge in [-0.2, -0.15) is 0 Å². The van der Waals surface area contributed by atoms with Crippen molar-refractivity contribution in [3.8, 4) is 0 Å². The number of nitrogens with zero attached hydrogens (tertiary/aromatic N) is 2. The Balaban J connectivity index is 1.58. The van der Waals surface area contributed by atoms with Crippen LogP contribution in [0.1, 0.15) is 24.1 Å². The third-order valence-electron chi connectivity index (χ3n) is 4.41. The number of rotatable bonds is 7. The van der Waals surface area contributed by atoms with Gasteiger partial charge >= 0.3 is 5.97 Å². The number of carboxylic acids is 1. The lowest BCUT2D eigenvalue weighted by Gasteiger charge is -2.29. The van der Waals surface area contributed by atoms with Crippen molar-refractivity contribution in [1.29, 1.82) is 0 Å². The molecule has 1 fully saturated rings. The van der Waals surface area contributed by atoms with E-state index in [2.05, 4.69) is 15.0 Å². The maximum atomic E-state index is 11.1. The largest absolute Gasteiger partial charge is 0.481 e. The summed E-state index contributed by atoms with van der Waals surface area (Å²) in [6.45, 7) is 2.62. The smallest absolute Gasteiger partial charge is 0.307 e. The Labute approximate surface area is 147 Å². The second-order valence-electron chi connectivity index (χ2n) is 6.20. The monoisotopic (exact) mass is 341 g/mol. The van der Waals surface area contributed by atoms with Gasteiger partial charge in [-0.05, 0) is 31.5 Å². The third-order valence-corrected chi connectivity index (χ3v) is 4.41. The fourth-order valence-electron chi connectivity index (χ4n) is 3.07. The highest BCUT2D eigenvalue weighted by atomic mass is 16.6. The number of piperidine rings is 1. The van der Waals surface area contributed by atoms with Crippen LogP contribution in [-0.2, 0) is 9.63 Å². The first-order chi connectivity index (χ1) is 12.2. The molecule has 1 aromatic heterocycles. The first-order valence-electron chi connectivity index (χ1n) is 8.58. The number of aromatic amines is 1. The van der Waals surface area contributed by atoms with Crippen LogP contribution < -0.4 is 0 Å². The van der Waals surface area contributed by atoms with E-state index in [1.807, 2.05) is 48.7 Å². The lowest BCUT2D eigenvalue weighted by atomic mass is 9.98. The summed E-state index contributed by atoms with van der Waals surface area (Å²) in [4.78, 5) is 22.0. The number of hydrogen-bond donors (Lipinski definition) is 2. The van der Waals surface area contributed by atoms with Gasteiger partial charge in [0.05, 0.1) is 11.6 Å². The Kier molecular flexibility index (Phi) is 5.85. The Hall–Kier alpha value is -2.60. The molecule has 1 atom stereocenters. The van der Waals surface area contributed by atoms with Crippen LogP contribution in [-0.4, -0.2) is 52.9 Å². The Morgan fingerprint density at radius 3 is 2.84 bits per heavy atom.